The normalized spacial score (nSPS) is 21.7. The largest absolute Gasteiger partial charge is 0.313 e. The fourth-order valence-corrected chi connectivity index (χ4v) is 11.0. The molecule has 6 aromatic rings. The lowest BCUT2D eigenvalue weighted by Gasteiger charge is -2.31. The molecule has 5 atom stereocenters. The Morgan fingerprint density at radius 2 is 1.23 bits per heavy atom. The predicted octanol–water partition coefficient (Wildman–Crippen LogP) is 10.3. The Balaban J connectivity index is 1.32. The van der Waals surface area contributed by atoms with E-state index in [1.807, 2.05) is 61.0 Å². The zero-order valence-corrected chi connectivity index (χ0v) is 28.0. The summed E-state index contributed by atoms with van der Waals surface area (Å²) in [4.78, 5) is 9.66. The Bertz CT molecular complexity index is 2260. The van der Waals surface area contributed by atoms with Crippen LogP contribution in [0.1, 0.15) is 31.1 Å². The number of rotatable bonds is 6. The highest BCUT2D eigenvalue weighted by atomic mass is 31.2. The standard InChI is InChI=1S/C44H37N2OP/c1-30-15-6-11-25-41(30)48(47,34-17-4-3-5-18-34)35-19-14-16-32(28-35)42-36-20-7-9-22-38(36)43(39-23-10-8-21-37(39)42)33-27-31(2)44(46-29-33)40-24-12-13-26-45-40/h3-31,41,44H,1-2H3/t30-,31?,41?,44?,48?/m1/s1. The molecule has 1 aliphatic carbocycles. The first kappa shape index (κ1) is 30.2. The molecule has 48 heavy (non-hydrogen) atoms. The fourth-order valence-electron chi connectivity index (χ4n) is 7.68. The van der Waals surface area contributed by atoms with Gasteiger partial charge in [0.2, 0.25) is 0 Å². The second-order valence-corrected chi connectivity index (χ2v) is 15.9. The summed E-state index contributed by atoms with van der Waals surface area (Å²) < 4.78 is 15.6. The van der Waals surface area contributed by atoms with Gasteiger partial charge in [0.15, 0.2) is 0 Å². The van der Waals surface area contributed by atoms with Crippen LogP contribution in [0, 0.1) is 11.8 Å². The molecule has 5 aromatic carbocycles. The van der Waals surface area contributed by atoms with Gasteiger partial charge in [-0.25, -0.2) is 0 Å². The molecule has 0 radical (unpaired) electrons. The highest BCUT2D eigenvalue weighted by Gasteiger charge is 2.38. The molecule has 0 amide bonds. The summed E-state index contributed by atoms with van der Waals surface area (Å²) in [5.41, 5.74) is 5.42. The molecule has 8 rings (SSSR count). The molecule has 0 bridgehead atoms. The third-order valence-electron chi connectivity index (χ3n) is 9.98. The van der Waals surface area contributed by atoms with Gasteiger partial charge in [-0.1, -0.05) is 147 Å². The minimum absolute atomic E-state index is 0.00739. The zero-order chi connectivity index (χ0) is 32.7. The summed E-state index contributed by atoms with van der Waals surface area (Å²) >= 11 is 0. The summed E-state index contributed by atoms with van der Waals surface area (Å²) in [5.74, 6) is 0.336. The molecule has 4 heteroatoms. The smallest absolute Gasteiger partial charge is 0.150 e. The van der Waals surface area contributed by atoms with Gasteiger partial charge in [-0.15, -0.1) is 0 Å². The number of fused-ring (bicyclic) bond motifs is 2. The van der Waals surface area contributed by atoms with Gasteiger partial charge in [-0.2, -0.15) is 0 Å². The van der Waals surface area contributed by atoms with E-state index >= 15 is 4.57 Å². The Labute approximate surface area is 282 Å². The van der Waals surface area contributed by atoms with Gasteiger partial charge in [0.05, 0.1) is 11.7 Å². The second-order valence-electron chi connectivity index (χ2n) is 13.0. The number of nitrogens with zero attached hydrogens (tertiary/aromatic N) is 2. The van der Waals surface area contributed by atoms with Gasteiger partial charge in [-0.3, -0.25) is 9.98 Å². The van der Waals surface area contributed by atoms with Gasteiger partial charge in [0, 0.05) is 34.6 Å². The van der Waals surface area contributed by atoms with Crippen molar-refractivity contribution in [3.05, 3.63) is 169 Å². The highest BCUT2D eigenvalue weighted by molar-refractivity contribution is 7.79. The van der Waals surface area contributed by atoms with Crippen molar-refractivity contribution in [3.63, 3.8) is 0 Å². The molecule has 4 unspecified atom stereocenters. The van der Waals surface area contributed by atoms with Crippen LogP contribution in [0.3, 0.4) is 0 Å². The maximum Gasteiger partial charge on any atom is 0.150 e. The van der Waals surface area contributed by atoms with Crippen molar-refractivity contribution in [1.82, 2.24) is 4.98 Å². The van der Waals surface area contributed by atoms with E-state index in [-0.39, 0.29) is 23.5 Å². The summed E-state index contributed by atoms with van der Waals surface area (Å²) in [6.07, 6.45) is 14.7. The molecule has 2 heterocycles. The lowest BCUT2D eigenvalue weighted by atomic mass is 9.84. The predicted molar refractivity (Wildman–Crippen MR) is 204 cm³/mol. The molecule has 1 aromatic heterocycles. The van der Waals surface area contributed by atoms with Crippen LogP contribution in [0.25, 0.3) is 38.2 Å². The monoisotopic (exact) mass is 640 g/mol. The average Bonchev–Trinajstić information content (AvgIpc) is 3.14. The summed E-state index contributed by atoms with van der Waals surface area (Å²) in [6, 6.07) is 42.0. The third kappa shape index (κ3) is 5.11. The number of hydrogen-bond donors (Lipinski definition) is 0. The van der Waals surface area contributed by atoms with E-state index in [4.69, 9.17) is 4.99 Å². The first-order valence-corrected chi connectivity index (χ1v) is 18.5. The first-order chi connectivity index (χ1) is 23.5. The molecule has 0 saturated heterocycles. The van der Waals surface area contributed by atoms with Crippen molar-refractivity contribution in [2.24, 2.45) is 16.8 Å². The van der Waals surface area contributed by atoms with Gasteiger partial charge in [0.25, 0.3) is 0 Å². The zero-order valence-electron chi connectivity index (χ0n) is 27.1. The number of benzene rings is 5. The molecule has 0 saturated carbocycles. The van der Waals surface area contributed by atoms with Crippen molar-refractivity contribution < 1.29 is 4.57 Å². The average molecular weight is 641 g/mol. The highest BCUT2D eigenvalue weighted by Crippen LogP contribution is 2.54. The maximum atomic E-state index is 15.6. The molecule has 1 aliphatic heterocycles. The maximum absolute atomic E-state index is 15.6. The van der Waals surface area contributed by atoms with Crippen LogP contribution in [0.5, 0.6) is 0 Å². The Hall–Kier alpha value is -5.11. The lowest BCUT2D eigenvalue weighted by molar-refractivity contribution is 0.554. The van der Waals surface area contributed by atoms with Gasteiger partial charge < -0.3 is 4.57 Å². The van der Waals surface area contributed by atoms with Crippen LogP contribution >= 0.6 is 7.14 Å². The Morgan fingerprint density at radius 3 is 1.88 bits per heavy atom. The quantitative estimate of drug-likeness (QED) is 0.134. The number of pyridine rings is 1. The molecule has 234 valence electrons. The van der Waals surface area contributed by atoms with Crippen molar-refractivity contribution >= 4 is 51.1 Å². The van der Waals surface area contributed by atoms with E-state index in [1.54, 1.807) is 0 Å². The van der Waals surface area contributed by atoms with Crippen molar-refractivity contribution in [3.8, 4) is 11.1 Å². The van der Waals surface area contributed by atoms with Crippen molar-refractivity contribution in [1.29, 1.82) is 0 Å². The topological polar surface area (TPSA) is 42.3 Å². The van der Waals surface area contributed by atoms with Crippen molar-refractivity contribution in [2.75, 3.05) is 0 Å². The second kappa shape index (κ2) is 12.5. The van der Waals surface area contributed by atoms with E-state index < -0.39 is 7.14 Å². The summed E-state index contributed by atoms with van der Waals surface area (Å²) in [7, 11) is -3.06. The minimum atomic E-state index is -3.06. The van der Waals surface area contributed by atoms with Gasteiger partial charge >= 0.3 is 0 Å². The molecule has 3 nitrogen and oxygen atoms in total. The number of aliphatic imine (C=N–C) groups is 1. The summed E-state index contributed by atoms with van der Waals surface area (Å²) in [6.45, 7) is 4.40. The van der Waals surface area contributed by atoms with Crippen LogP contribution in [0.2, 0.25) is 0 Å². The van der Waals surface area contributed by atoms with E-state index in [1.165, 1.54) is 27.1 Å². The Morgan fingerprint density at radius 1 is 0.604 bits per heavy atom. The van der Waals surface area contributed by atoms with Crippen LogP contribution in [-0.4, -0.2) is 16.9 Å². The summed E-state index contributed by atoms with van der Waals surface area (Å²) in [5, 5.41) is 6.47. The first-order valence-electron chi connectivity index (χ1n) is 16.7. The molecular formula is C44H37N2OP. The van der Waals surface area contributed by atoms with E-state index in [0.717, 1.165) is 33.0 Å². The van der Waals surface area contributed by atoms with Crippen LogP contribution in [-0.2, 0) is 4.57 Å². The number of dihydropyridines is 1. The molecule has 0 spiro atoms. The van der Waals surface area contributed by atoms with Gasteiger partial charge in [0.1, 0.15) is 7.14 Å². The number of aromatic nitrogens is 1. The van der Waals surface area contributed by atoms with Gasteiger partial charge in [-0.05, 0) is 67.9 Å². The molecular weight excluding hydrogens is 603 g/mol. The number of hydrogen-bond acceptors (Lipinski definition) is 3. The molecule has 2 aliphatic rings. The molecule has 0 fully saturated rings. The van der Waals surface area contributed by atoms with E-state index in [2.05, 4.69) is 122 Å². The van der Waals surface area contributed by atoms with E-state index in [0.29, 0.717) is 0 Å². The molecule has 0 N–H and O–H groups in total. The van der Waals surface area contributed by atoms with Crippen LogP contribution in [0.4, 0.5) is 0 Å². The number of allylic oxidation sites excluding steroid dienone is 5. The third-order valence-corrected chi connectivity index (χ3v) is 13.6. The van der Waals surface area contributed by atoms with Crippen LogP contribution in [0.15, 0.2) is 163 Å². The lowest BCUT2D eigenvalue weighted by Crippen LogP contribution is -2.29. The van der Waals surface area contributed by atoms with Crippen molar-refractivity contribution in [2.45, 2.75) is 25.5 Å². The van der Waals surface area contributed by atoms with Crippen LogP contribution < -0.4 is 10.6 Å². The fraction of sp³-hybridized carbons (Fsp3) is 0.136. The minimum Gasteiger partial charge on any atom is -0.313 e. The Kier molecular flexibility index (Phi) is 7.87. The van der Waals surface area contributed by atoms with E-state index in [9.17, 15) is 0 Å². The SMILES string of the molecule is CC1C=C(c2c3ccccc3c(-c3cccc(P(=O)(c4ccccc4)C4C=CC=C[C@H]4C)c3)c3ccccc23)C=NC1c1ccccn1.